The molecule has 1 saturated carbocycles. The average Bonchev–Trinajstić information content (AvgIpc) is 3.33. The van der Waals surface area contributed by atoms with Crippen molar-refractivity contribution in [1.82, 2.24) is 14.9 Å². The van der Waals surface area contributed by atoms with E-state index < -0.39 is 12.0 Å². The number of hydrogen-bond donors (Lipinski definition) is 4. The molecule has 4 rings (SSSR count). The normalized spacial score (nSPS) is 22.4. The first-order valence-corrected chi connectivity index (χ1v) is 11.6. The number of hydrogen-bond acceptors (Lipinski definition) is 5. The van der Waals surface area contributed by atoms with Gasteiger partial charge in [0.25, 0.3) is 5.91 Å². The van der Waals surface area contributed by atoms with Gasteiger partial charge in [0, 0.05) is 24.3 Å². The first-order valence-electron chi connectivity index (χ1n) is 11.6. The maximum atomic E-state index is 12.3. The Morgan fingerprint density at radius 2 is 1.94 bits per heavy atom. The van der Waals surface area contributed by atoms with Crippen molar-refractivity contribution in [2.75, 3.05) is 11.9 Å². The molecule has 2 aromatic heterocycles. The number of primary amides is 1. The average molecular weight is 464 g/mol. The molecule has 1 aliphatic rings. The molecule has 180 valence electrons. The van der Waals surface area contributed by atoms with Crippen molar-refractivity contribution in [3.63, 3.8) is 0 Å². The van der Waals surface area contributed by atoms with Crippen LogP contribution in [0.4, 0.5) is 5.69 Å². The first-order chi connectivity index (χ1) is 16.0. The summed E-state index contributed by atoms with van der Waals surface area (Å²) in [5.74, 6) is -0.912. The van der Waals surface area contributed by atoms with E-state index in [4.69, 9.17) is 5.73 Å². The van der Waals surface area contributed by atoms with E-state index in [2.05, 4.69) is 36.5 Å². The molecule has 2 amide bonds. The lowest BCUT2D eigenvalue weighted by molar-refractivity contribution is -0.129. The van der Waals surface area contributed by atoms with E-state index in [1.165, 1.54) is 13.1 Å². The summed E-state index contributed by atoms with van der Waals surface area (Å²) in [5, 5.41) is 20.5. The molecular formula is C26H33N5O3. The van der Waals surface area contributed by atoms with E-state index in [9.17, 15) is 14.7 Å². The van der Waals surface area contributed by atoms with Crippen LogP contribution in [0.25, 0.3) is 16.6 Å². The van der Waals surface area contributed by atoms with Gasteiger partial charge in [-0.05, 0) is 42.2 Å². The highest BCUT2D eigenvalue weighted by molar-refractivity contribution is 6.02. The highest BCUT2D eigenvalue weighted by atomic mass is 16.3. The van der Waals surface area contributed by atoms with Gasteiger partial charge >= 0.3 is 0 Å². The van der Waals surface area contributed by atoms with Gasteiger partial charge < -0.3 is 21.5 Å². The molecule has 3 atom stereocenters. The van der Waals surface area contributed by atoms with Crippen LogP contribution in [-0.4, -0.2) is 45.2 Å². The van der Waals surface area contributed by atoms with Crippen LogP contribution < -0.4 is 16.4 Å². The fourth-order valence-electron chi connectivity index (χ4n) is 4.92. The highest BCUT2D eigenvalue weighted by Gasteiger charge is 2.51. The van der Waals surface area contributed by atoms with Crippen LogP contribution in [0, 0.1) is 10.8 Å². The molecule has 0 aliphatic heterocycles. The standard InChI is InChI=1S/C26H33N5O3/c1-16(32)24(34)28-15-26(4)11-10-21(25(26,2)3)30-22-19(23(27)33)13-29-31-14-18(12-20(22)31)17-8-6-5-7-9-17/h5-9,12-14,16,21,30,32H,10-11,15H2,1-4H3,(H2,27,33)(H,28,34)/t16?,21-,26+/m0/s1. The predicted octanol–water partition coefficient (Wildman–Crippen LogP) is 3.20. The van der Waals surface area contributed by atoms with Crippen LogP contribution in [0.15, 0.2) is 48.8 Å². The number of carbonyl (C=O) groups excluding carboxylic acids is 2. The minimum atomic E-state index is -1.04. The molecule has 0 bridgehead atoms. The quantitative estimate of drug-likeness (QED) is 0.429. The number of rotatable bonds is 7. The third-order valence-electron chi connectivity index (χ3n) is 7.77. The second kappa shape index (κ2) is 8.76. The number of fused-ring (bicyclic) bond motifs is 1. The van der Waals surface area contributed by atoms with Gasteiger partial charge in [0.2, 0.25) is 5.91 Å². The van der Waals surface area contributed by atoms with Gasteiger partial charge in [-0.1, -0.05) is 51.1 Å². The third-order valence-corrected chi connectivity index (χ3v) is 7.77. The van der Waals surface area contributed by atoms with Crippen molar-refractivity contribution in [3.05, 3.63) is 54.4 Å². The Labute approximate surface area is 199 Å². The van der Waals surface area contributed by atoms with E-state index >= 15 is 0 Å². The predicted molar refractivity (Wildman–Crippen MR) is 132 cm³/mol. The number of nitrogens with one attached hydrogen (secondary N) is 2. The number of anilines is 1. The highest BCUT2D eigenvalue weighted by Crippen LogP contribution is 2.53. The van der Waals surface area contributed by atoms with Gasteiger partial charge in [-0.15, -0.1) is 0 Å². The lowest BCUT2D eigenvalue weighted by atomic mass is 9.67. The molecule has 34 heavy (non-hydrogen) atoms. The van der Waals surface area contributed by atoms with Crippen molar-refractivity contribution in [2.45, 2.75) is 52.7 Å². The van der Waals surface area contributed by atoms with E-state index in [1.807, 2.05) is 42.6 Å². The van der Waals surface area contributed by atoms with Gasteiger partial charge in [-0.2, -0.15) is 5.10 Å². The number of carbonyl (C=O) groups is 2. The summed E-state index contributed by atoms with van der Waals surface area (Å²) in [6, 6.07) is 12.0. The monoisotopic (exact) mass is 463 g/mol. The second-order valence-corrected chi connectivity index (χ2v) is 10.1. The van der Waals surface area contributed by atoms with Crippen molar-refractivity contribution in [3.8, 4) is 11.1 Å². The number of nitrogens with zero attached hydrogens (tertiary/aromatic N) is 2. The molecule has 8 nitrogen and oxygen atoms in total. The molecule has 3 aromatic rings. The van der Waals surface area contributed by atoms with Crippen LogP contribution >= 0.6 is 0 Å². The number of amides is 2. The summed E-state index contributed by atoms with van der Waals surface area (Å²) in [6.45, 7) is 8.41. The minimum absolute atomic E-state index is 0.0281. The molecule has 0 saturated heterocycles. The van der Waals surface area contributed by atoms with Gasteiger partial charge in [0.15, 0.2) is 0 Å². The van der Waals surface area contributed by atoms with Crippen molar-refractivity contribution >= 4 is 23.0 Å². The van der Waals surface area contributed by atoms with Gasteiger partial charge in [-0.3, -0.25) is 9.59 Å². The van der Waals surface area contributed by atoms with Crippen LogP contribution in [0.2, 0.25) is 0 Å². The van der Waals surface area contributed by atoms with Crippen molar-refractivity contribution < 1.29 is 14.7 Å². The largest absolute Gasteiger partial charge is 0.384 e. The smallest absolute Gasteiger partial charge is 0.252 e. The van der Waals surface area contributed by atoms with E-state index in [0.29, 0.717) is 17.8 Å². The summed E-state index contributed by atoms with van der Waals surface area (Å²) in [7, 11) is 0. The summed E-state index contributed by atoms with van der Waals surface area (Å²) in [6.07, 6.45) is 4.14. The number of aliphatic hydroxyl groups excluding tert-OH is 1. The summed E-state index contributed by atoms with van der Waals surface area (Å²) in [4.78, 5) is 24.3. The maximum Gasteiger partial charge on any atom is 0.252 e. The molecule has 1 aliphatic carbocycles. The number of benzene rings is 1. The minimum Gasteiger partial charge on any atom is -0.384 e. The maximum absolute atomic E-state index is 12.3. The second-order valence-electron chi connectivity index (χ2n) is 10.1. The zero-order chi connectivity index (χ0) is 24.7. The van der Waals surface area contributed by atoms with Crippen molar-refractivity contribution in [2.24, 2.45) is 16.6 Å². The fraction of sp³-hybridized carbons (Fsp3) is 0.423. The number of nitrogens with two attached hydrogens (primary N) is 1. The Morgan fingerprint density at radius 1 is 1.24 bits per heavy atom. The van der Waals surface area contributed by atoms with E-state index in [1.54, 1.807) is 4.52 Å². The fourth-order valence-corrected chi connectivity index (χ4v) is 4.92. The SMILES string of the molecule is CC(O)C(=O)NC[C@@]1(C)CC[C@H](Nc2c(C(N)=O)cnn3cc(-c4ccccc4)cc23)C1(C)C. The Bertz CT molecular complexity index is 1220. The van der Waals surface area contributed by atoms with Crippen molar-refractivity contribution in [1.29, 1.82) is 0 Å². The summed E-state index contributed by atoms with van der Waals surface area (Å²) in [5.41, 5.74) is 9.13. The Hall–Kier alpha value is -3.39. The zero-order valence-corrected chi connectivity index (χ0v) is 20.1. The Balaban J connectivity index is 1.68. The van der Waals surface area contributed by atoms with Gasteiger partial charge in [0.05, 0.1) is 23.0 Å². The van der Waals surface area contributed by atoms with Crippen LogP contribution in [0.1, 0.15) is 50.9 Å². The molecule has 0 radical (unpaired) electrons. The Kier molecular flexibility index (Phi) is 6.12. The van der Waals surface area contributed by atoms with E-state index in [-0.39, 0.29) is 22.8 Å². The molecule has 0 spiro atoms. The molecular weight excluding hydrogens is 430 g/mol. The van der Waals surface area contributed by atoms with Crippen LogP contribution in [0.3, 0.4) is 0 Å². The molecule has 1 aromatic carbocycles. The first kappa shape index (κ1) is 23.8. The number of aromatic nitrogens is 2. The summed E-state index contributed by atoms with van der Waals surface area (Å²) >= 11 is 0. The van der Waals surface area contributed by atoms with Crippen LogP contribution in [0.5, 0.6) is 0 Å². The number of aliphatic hydroxyl groups is 1. The van der Waals surface area contributed by atoms with E-state index in [0.717, 1.165) is 29.5 Å². The lowest BCUT2D eigenvalue weighted by Gasteiger charge is -2.42. The van der Waals surface area contributed by atoms with Gasteiger partial charge in [-0.25, -0.2) is 4.52 Å². The van der Waals surface area contributed by atoms with Gasteiger partial charge in [0.1, 0.15) is 6.10 Å². The lowest BCUT2D eigenvalue weighted by Crippen LogP contribution is -2.48. The molecule has 1 fully saturated rings. The molecule has 2 heterocycles. The third kappa shape index (κ3) is 4.14. The molecule has 5 N–H and O–H groups in total. The van der Waals surface area contributed by atoms with Crippen LogP contribution in [-0.2, 0) is 4.79 Å². The zero-order valence-electron chi connectivity index (χ0n) is 20.1. The topological polar surface area (TPSA) is 122 Å². The molecule has 8 heteroatoms. The summed E-state index contributed by atoms with van der Waals surface area (Å²) < 4.78 is 1.76. The Morgan fingerprint density at radius 3 is 2.59 bits per heavy atom. The molecule has 1 unspecified atom stereocenters.